The van der Waals surface area contributed by atoms with E-state index in [1.165, 1.54) is 31.3 Å². The van der Waals surface area contributed by atoms with E-state index < -0.39 is 0 Å². The highest BCUT2D eigenvalue weighted by Gasteiger charge is 2.57. The molecule has 0 unspecified atom stereocenters. The molecule has 4 atom stereocenters. The van der Waals surface area contributed by atoms with Gasteiger partial charge in [-0.05, 0) is 76.5 Å². The molecule has 0 aromatic heterocycles. The number of methoxy groups -OCH3 is 1. The van der Waals surface area contributed by atoms with Crippen LogP contribution in [0.5, 0.6) is 0 Å². The van der Waals surface area contributed by atoms with Gasteiger partial charge in [-0.25, -0.2) is 0 Å². The molecule has 2 heteroatoms. The van der Waals surface area contributed by atoms with Crippen molar-refractivity contribution in [2.75, 3.05) is 7.11 Å². The molecule has 0 N–H and O–H groups in total. The normalized spacial score (nSPS) is 39.9. The van der Waals surface area contributed by atoms with Crippen molar-refractivity contribution >= 4 is 5.97 Å². The minimum atomic E-state index is -0.305. The van der Waals surface area contributed by atoms with Crippen molar-refractivity contribution in [3.63, 3.8) is 0 Å². The summed E-state index contributed by atoms with van der Waals surface area (Å²) in [5, 5.41) is 0. The number of hydrogen-bond acceptors (Lipinski definition) is 2. The first-order valence-corrected chi connectivity index (χ1v) is 9.25. The largest absolute Gasteiger partial charge is 0.469 e. The Kier molecular flexibility index (Phi) is 4.23. The van der Waals surface area contributed by atoms with Gasteiger partial charge < -0.3 is 4.74 Å². The summed E-state index contributed by atoms with van der Waals surface area (Å²) in [7, 11) is 1.55. The second-order valence-corrected chi connectivity index (χ2v) is 8.71. The van der Waals surface area contributed by atoms with Crippen LogP contribution in [0.1, 0.15) is 72.6 Å². The molecule has 0 bridgehead atoms. The van der Waals surface area contributed by atoms with Crippen molar-refractivity contribution in [2.24, 2.45) is 22.7 Å². The number of carbonyl (C=O) groups is 1. The van der Waals surface area contributed by atoms with Crippen LogP contribution in [-0.2, 0) is 9.53 Å². The maximum Gasteiger partial charge on any atom is 0.311 e. The fraction of sp³-hybridized carbons (Fsp3) is 0.762. The molecule has 23 heavy (non-hydrogen) atoms. The minimum absolute atomic E-state index is 0.00562. The fourth-order valence-corrected chi connectivity index (χ4v) is 5.96. The van der Waals surface area contributed by atoms with Crippen molar-refractivity contribution in [2.45, 2.75) is 72.6 Å². The molecule has 2 nitrogen and oxygen atoms in total. The first-order valence-electron chi connectivity index (χ1n) is 9.25. The lowest BCUT2D eigenvalue weighted by molar-refractivity contribution is -0.166. The molecule has 0 aliphatic heterocycles. The maximum absolute atomic E-state index is 12.5. The van der Waals surface area contributed by atoms with Gasteiger partial charge in [0.15, 0.2) is 0 Å². The maximum atomic E-state index is 12.5. The van der Waals surface area contributed by atoms with Crippen LogP contribution in [-0.4, -0.2) is 13.1 Å². The average Bonchev–Trinajstić information content (AvgIpc) is 2.53. The minimum Gasteiger partial charge on any atom is -0.469 e. The van der Waals surface area contributed by atoms with Crippen LogP contribution in [0.3, 0.4) is 0 Å². The monoisotopic (exact) mass is 316 g/mol. The molecule has 0 heterocycles. The molecule has 3 aliphatic carbocycles. The van der Waals surface area contributed by atoms with Crippen molar-refractivity contribution in [1.82, 2.24) is 0 Å². The highest BCUT2D eigenvalue weighted by molar-refractivity contribution is 5.77. The van der Waals surface area contributed by atoms with Gasteiger partial charge in [0.2, 0.25) is 0 Å². The molecule has 3 rings (SSSR count). The molecule has 0 amide bonds. The summed E-state index contributed by atoms with van der Waals surface area (Å²) < 4.78 is 5.20. The van der Waals surface area contributed by atoms with E-state index in [2.05, 4.69) is 33.8 Å². The second-order valence-electron chi connectivity index (χ2n) is 8.71. The molecule has 2 saturated carbocycles. The number of ether oxygens (including phenoxy) is 1. The molecule has 0 aromatic rings. The van der Waals surface area contributed by atoms with Crippen LogP contribution < -0.4 is 0 Å². The van der Waals surface area contributed by atoms with E-state index in [1.807, 2.05) is 0 Å². The van der Waals surface area contributed by atoms with Gasteiger partial charge in [0.25, 0.3) is 0 Å². The molecule has 128 valence electrons. The van der Waals surface area contributed by atoms with Crippen molar-refractivity contribution in [3.05, 3.63) is 22.8 Å². The predicted octanol–water partition coefficient (Wildman–Crippen LogP) is 5.44. The number of carbonyl (C=O) groups excluding carboxylic acids is 1. The van der Waals surface area contributed by atoms with Crippen molar-refractivity contribution in [1.29, 1.82) is 0 Å². The third kappa shape index (κ3) is 2.49. The molecule has 0 saturated heterocycles. The molecular weight excluding hydrogens is 284 g/mol. The summed E-state index contributed by atoms with van der Waals surface area (Å²) in [5.74, 6) is 1.10. The summed E-state index contributed by atoms with van der Waals surface area (Å²) in [5.41, 5.74) is 4.75. The van der Waals surface area contributed by atoms with Gasteiger partial charge in [-0.2, -0.15) is 0 Å². The second kappa shape index (κ2) is 5.79. The van der Waals surface area contributed by atoms with Crippen LogP contribution >= 0.6 is 0 Å². The van der Waals surface area contributed by atoms with Gasteiger partial charge in [-0.1, -0.05) is 36.1 Å². The Morgan fingerprint density at radius 3 is 2.65 bits per heavy atom. The van der Waals surface area contributed by atoms with Gasteiger partial charge in [-0.15, -0.1) is 0 Å². The molecule has 3 aliphatic rings. The van der Waals surface area contributed by atoms with Crippen molar-refractivity contribution in [3.8, 4) is 0 Å². The van der Waals surface area contributed by atoms with Crippen molar-refractivity contribution < 1.29 is 9.53 Å². The molecule has 0 radical (unpaired) electrons. The highest BCUT2D eigenvalue weighted by atomic mass is 16.5. The van der Waals surface area contributed by atoms with E-state index in [0.717, 1.165) is 19.3 Å². The Morgan fingerprint density at radius 1 is 1.26 bits per heavy atom. The third-order valence-corrected chi connectivity index (χ3v) is 7.35. The predicted molar refractivity (Wildman–Crippen MR) is 94.0 cm³/mol. The van der Waals surface area contributed by atoms with Crippen LogP contribution in [0, 0.1) is 22.7 Å². The number of esters is 1. The third-order valence-electron chi connectivity index (χ3n) is 7.35. The Labute approximate surface area is 141 Å². The number of fused-ring (bicyclic) bond motifs is 3. The van der Waals surface area contributed by atoms with E-state index >= 15 is 0 Å². The van der Waals surface area contributed by atoms with E-state index in [1.54, 1.807) is 18.3 Å². The van der Waals surface area contributed by atoms with Gasteiger partial charge in [0, 0.05) is 0 Å². The summed E-state index contributed by atoms with van der Waals surface area (Å²) >= 11 is 0. The average molecular weight is 316 g/mol. The van der Waals surface area contributed by atoms with E-state index in [0.29, 0.717) is 11.8 Å². The molecule has 2 fully saturated rings. The quantitative estimate of drug-likeness (QED) is 0.475. The fourth-order valence-electron chi connectivity index (χ4n) is 5.96. The van der Waals surface area contributed by atoms with Crippen LogP contribution in [0.25, 0.3) is 0 Å². The lowest BCUT2D eigenvalue weighted by Crippen LogP contribution is -2.53. The zero-order valence-corrected chi connectivity index (χ0v) is 15.5. The molecular formula is C21H32O2. The Balaban J connectivity index is 1.97. The van der Waals surface area contributed by atoms with E-state index in [4.69, 9.17) is 4.74 Å². The standard InChI is InChI=1S/C21H32O2/c1-14(2)15-7-9-17-16(13-15)8-10-18-20(17,3)11-6-12-21(18,4)19(22)23-5/h8,17-18H,6-7,9-13H2,1-5H3/t17-,18+,20+,21+/m0/s1. The zero-order valence-electron chi connectivity index (χ0n) is 15.5. The molecule has 0 aromatic carbocycles. The lowest BCUT2D eigenvalue weighted by Gasteiger charge is -2.57. The van der Waals surface area contributed by atoms with Gasteiger partial charge in [0.05, 0.1) is 12.5 Å². The van der Waals surface area contributed by atoms with Gasteiger partial charge in [0.1, 0.15) is 0 Å². The number of rotatable bonds is 1. The first kappa shape index (κ1) is 16.8. The molecule has 0 spiro atoms. The summed E-state index contributed by atoms with van der Waals surface area (Å²) in [6, 6.07) is 0. The SMILES string of the molecule is COC(=O)[C@]1(C)CCC[C@@]2(C)[C@H]1CC=C1CC(=C(C)C)CC[C@@H]12. The van der Waals surface area contributed by atoms with Crippen LogP contribution in [0.15, 0.2) is 22.8 Å². The smallest absolute Gasteiger partial charge is 0.311 e. The Hall–Kier alpha value is -1.05. The topological polar surface area (TPSA) is 26.3 Å². The first-order chi connectivity index (χ1) is 10.8. The number of hydrogen-bond donors (Lipinski definition) is 0. The summed E-state index contributed by atoms with van der Waals surface area (Å²) in [6.07, 6.45) is 10.6. The van der Waals surface area contributed by atoms with Gasteiger partial charge >= 0.3 is 5.97 Å². The van der Waals surface area contributed by atoms with Gasteiger partial charge in [-0.3, -0.25) is 4.79 Å². The lowest BCUT2D eigenvalue weighted by atomic mass is 9.46. The van der Waals surface area contributed by atoms with Crippen LogP contribution in [0.2, 0.25) is 0 Å². The Bertz CT molecular complexity index is 566. The van der Waals surface area contributed by atoms with E-state index in [9.17, 15) is 4.79 Å². The number of allylic oxidation sites excluding steroid dienone is 4. The van der Waals surface area contributed by atoms with Crippen LogP contribution in [0.4, 0.5) is 0 Å². The summed E-state index contributed by atoms with van der Waals surface area (Å²) in [4.78, 5) is 12.5. The van der Waals surface area contributed by atoms with E-state index in [-0.39, 0.29) is 16.8 Å². The highest BCUT2D eigenvalue weighted by Crippen LogP contribution is 2.62. The summed E-state index contributed by atoms with van der Waals surface area (Å²) in [6.45, 7) is 9.12. The zero-order chi connectivity index (χ0) is 16.8. The Morgan fingerprint density at radius 2 is 2.00 bits per heavy atom.